The number of carbonyl (C=O) groups excluding carboxylic acids is 1. The zero-order valence-corrected chi connectivity index (χ0v) is 11.7. The second kappa shape index (κ2) is 5.22. The molecule has 2 rings (SSSR count). The summed E-state index contributed by atoms with van der Waals surface area (Å²) in [5.41, 5.74) is 0.150. The number of hydrogen-bond donors (Lipinski definition) is 0. The number of benzene rings is 1. The number of halogens is 2. The molecule has 0 spiro atoms. The molecule has 0 aliphatic rings. The topological polar surface area (TPSA) is 78.3 Å². The highest BCUT2D eigenvalue weighted by Gasteiger charge is 2.23. The summed E-state index contributed by atoms with van der Waals surface area (Å²) in [6, 6.07) is 5.94. The Morgan fingerprint density at radius 1 is 1.35 bits per heavy atom. The van der Waals surface area contributed by atoms with E-state index in [0.29, 0.717) is 5.69 Å². The van der Waals surface area contributed by atoms with E-state index in [1.165, 1.54) is 12.1 Å². The number of hydrogen-bond acceptors (Lipinski definition) is 5. The normalized spacial score (nSPS) is 11.3. The van der Waals surface area contributed by atoms with Gasteiger partial charge in [-0.05, 0) is 24.3 Å². The molecule has 0 unspecified atom stereocenters. The highest BCUT2D eigenvalue weighted by Crippen LogP contribution is 2.19. The van der Waals surface area contributed by atoms with E-state index >= 15 is 0 Å². The van der Waals surface area contributed by atoms with E-state index in [-0.39, 0.29) is 5.69 Å². The van der Waals surface area contributed by atoms with Crippen molar-refractivity contribution < 1.29 is 22.3 Å². The van der Waals surface area contributed by atoms with Crippen molar-refractivity contribution >= 4 is 25.7 Å². The molecule has 0 radical (unpaired) electrons. The molecule has 9 heteroatoms. The minimum Gasteiger partial charge on any atom is -0.464 e. The van der Waals surface area contributed by atoms with E-state index in [2.05, 4.69) is 9.84 Å². The van der Waals surface area contributed by atoms with Gasteiger partial charge in [-0.15, -0.1) is 0 Å². The summed E-state index contributed by atoms with van der Waals surface area (Å²) in [4.78, 5) is 11.6. The predicted molar refractivity (Wildman–Crippen MR) is 67.9 cm³/mol. The molecule has 0 atom stereocenters. The molecule has 1 aromatic carbocycles. The molecule has 6 nitrogen and oxygen atoms in total. The van der Waals surface area contributed by atoms with Crippen LogP contribution in [0.3, 0.4) is 0 Å². The minimum absolute atomic E-state index is 0.140. The van der Waals surface area contributed by atoms with Crippen molar-refractivity contribution in [2.45, 2.75) is 5.03 Å². The first kappa shape index (κ1) is 14.5. The van der Waals surface area contributed by atoms with Crippen molar-refractivity contribution in [3.63, 3.8) is 0 Å². The van der Waals surface area contributed by atoms with E-state index in [1.54, 1.807) is 0 Å². The van der Waals surface area contributed by atoms with Gasteiger partial charge in [0, 0.05) is 16.7 Å². The van der Waals surface area contributed by atoms with Gasteiger partial charge in [-0.25, -0.2) is 22.3 Å². The lowest BCUT2D eigenvalue weighted by Crippen LogP contribution is -2.10. The number of esters is 1. The molecule has 0 amide bonds. The van der Waals surface area contributed by atoms with Gasteiger partial charge in [-0.3, -0.25) is 0 Å². The largest absolute Gasteiger partial charge is 0.464 e. The van der Waals surface area contributed by atoms with Crippen LogP contribution < -0.4 is 0 Å². The van der Waals surface area contributed by atoms with Gasteiger partial charge in [0.25, 0.3) is 9.05 Å². The van der Waals surface area contributed by atoms with Crippen LogP contribution in [0.4, 0.5) is 4.39 Å². The number of aromatic nitrogens is 2. The summed E-state index contributed by atoms with van der Waals surface area (Å²) >= 11 is 0. The third kappa shape index (κ3) is 2.81. The maximum absolute atomic E-state index is 12.9. The van der Waals surface area contributed by atoms with Crippen LogP contribution in [0, 0.1) is 5.82 Å². The van der Waals surface area contributed by atoms with Crippen molar-refractivity contribution in [3.8, 4) is 5.69 Å². The minimum atomic E-state index is -4.10. The third-order valence-electron chi connectivity index (χ3n) is 2.40. The Labute approximate surface area is 118 Å². The Hall–Kier alpha value is -1.93. The van der Waals surface area contributed by atoms with Gasteiger partial charge in [0.2, 0.25) is 0 Å². The van der Waals surface area contributed by atoms with Crippen molar-refractivity contribution in [2.24, 2.45) is 0 Å². The fourth-order valence-corrected chi connectivity index (χ4v) is 2.17. The molecule has 0 aliphatic carbocycles. The Morgan fingerprint density at radius 2 is 1.95 bits per heavy atom. The summed E-state index contributed by atoms with van der Waals surface area (Å²) in [7, 11) is 2.22. The van der Waals surface area contributed by atoms with Gasteiger partial charge in [-0.2, -0.15) is 5.10 Å². The first-order chi connectivity index (χ1) is 9.32. The summed E-state index contributed by atoms with van der Waals surface area (Å²) in [6.07, 6.45) is 0. The molecule has 2 aromatic rings. The van der Waals surface area contributed by atoms with E-state index < -0.39 is 25.9 Å². The average Bonchev–Trinajstić information content (AvgIpc) is 2.83. The molecule has 0 saturated carbocycles. The van der Waals surface area contributed by atoms with E-state index in [0.717, 1.165) is 30.0 Å². The van der Waals surface area contributed by atoms with Crippen LogP contribution in [0.5, 0.6) is 0 Å². The molecular formula is C11H8ClFN2O4S. The third-order valence-corrected chi connectivity index (χ3v) is 3.58. The number of carbonyl (C=O) groups is 1. The number of nitrogens with zero attached hydrogens (tertiary/aromatic N) is 2. The molecule has 0 aliphatic heterocycles. The van der Waals surface area contributed by atoms with E-state index in [4.69, 9.17) is 10.7 Å². The summed E-state index contributed by atoms with van der Waals surface area (Å²) < 4.78 is 41.0. The lowest BCUT2D eigenvalue weighted by Gasteiger charge is -2.05. The van der Waals surface area contributed by atoms with Crippen molar-refractivity contribution in [3.05, 3.63) is 41.8 Å². The average molecular weight is 319 g/mol. The maximum atomic E-state index is 12.9. The van der Waals surface area contributed by atoms with E-state index in [9.17, 15) is 17.6 Å². The second-order valence-electron chi connectivity index (χ2n) is 3.69. The monoisotopic (exact) mass is 318 g/mol. The fraction of sp³-hybridized carbons (Fsp3) is 0.0909. The fourth-order valence-electron chi connectivity index (χ4n) is 1.51. The molecule has 0 fully saturated rings. The maximum Gasteiger partial charge on any atom is 0.356 e. The van der Waals surface area contributed by atoms with Crippen LogP contribution in [-0.2, 0) is 13.8 Å². The molecule has 20 heavy (non-hydrogen) atoms. The molecular weight excluding hydrogens is 311 g/mol. The molecule has 0 bridgehead atoms. The first-order valence-electron chi connectivity index (χ1n) is 5.22. The van der Waals surface area contributed by atoms with Crippen LogP contribution in [0.15, 0.2) is 35.4 Å². The zero-order chi connectivity index (χ0) is 14.9. The number of rotatable bonds is 3. The quantitative estimate of drug-likeness (QED) is 0.636. The molecule has 1 aromatic heterocycles. The summed E-state index contributed by atoms with van der Waals surface area (Å²) in [6.45, 7) is 0. The highest BCUT2D eigenvalue weighted by molar-refractivity contribution is 8.13. The lowest BCUT2D eigenvalue weighted by atomic mass is 10.3. The van der Waals surface area contributed by atoms with Crippen molar-refractivity contribution in [1.29, 1.82) is 0 Å². The van der Waals surface area contributed by atoms with Crippen LogP contribution in [0.1, 0.15) is 10.5 Å². The highest BCUT2D eigenvalue weighted by atomic mass is 35.7. The van der Waals surface area contributed by atoms with Crippen LogP contribution in [-0.4, -0.2) is 31.3 Å². The predicted octanol–water partition coefficient (Wildman–Crippen LogP) is 1.73. The number of methoxy groups -OCH3 is 1. The van der Waals surface area contributed by atoms with Gasteiger partial charge in [0.15, 0.2) is 10.7 Å². The van der Waals surface area contributed by atoms with Gasteiger partial charge in [-0.1, -0.05) is 0 Å². The van der Waals surface area contributed by atoms with E-state index in [1.807, 2.05) is 0 Å². The van der Waals surface area contributed by atoms with Crippen molar-refractivity contribution in [1.82, 2.24) is 9.78 Å². The molecule has 106 valence electrons. The van der Waals surface area contributed by atoms with Crippen LogP contribution in [0.2, 0.25) is 0 Å². The lowest BCUT2D eigenvalue weighted by molar-refractivity contribution is 0.0590. The number of ether oxygens (including phenoxy) is 1. The SMILES string of the molecule is COC(=O)c1cc(S(=O)(=O)Cl)nn1-c1ccc(F)cc1. The Bertz CT molecular complexity index is 755. The van der Waals surface area contributed by atoms with Crippen LogP contribution >= 0.6 is 10.7 Å². The Morgan fingerprint density at radius 3 is 2.45 bits per heavy atom. The molecule has 0 saturated heterocycles. The van der Waals surface area contributed by atoms with Gasteiger partial charge < -0.3 is 4.74 Å². The van der Waals surface area contributed by atoms with Crippen LogP contribution in [0.25, 0.3) is 5.69 Å². The zero-order valence-electron chi connectivity index (χ0n) is 10.1. The standard InChI is InChI=1S/C11H8ClFN2O4S/c1-19-11(16)9-6-10(20(12,17)18)14-15(9)8-4-2-7(13)3-5-8/h2-6H,1H3. The Kier molecular flexibility index (Phi) is 3.78. The van der Waals surface area contributed by atoms with Gasteiger partial charge in [0.05, 0.1) is 12.8 Å². The molecule has 0 N–H and O–H groups in total. The summed E-state index contributed by atoms with van der Waals surface area (Å²) in [5.74, 6) is -1.28. The van der Waals surface area contributed by atoms with Gasteiger partial charge in [0.1, 0.15) is 5.82 Å². The van der Waals surface area contributed by atoms with Crippen molar-refractivity contribution in [2.75, 3.05) is 7.11 Å². The summed E-state index contributed by atoms with van der Waals surface area (Å²) in [5, 5.41) is 3.23. The molecule has 1 heterocycles. The Balaban J connectivity index is 2.64. The van der Waals surface area contributed by atoms with Gasteiger partial charge >= 0.3 is 5.97 Å². The first-order valence-corrected chi connectivity index (χ1v) is 7.53. The smallest absolute Gasteiger partial charge is 0.356 e. The second-order valence-corrected chi connectivity index (χ2v) is 6.20.